The zero-order valence-electron chi connectivity index (χ0n) is 14.8. The molecule has 0 aliphatic rings. The Morgan fingerprint density at radius 2 is 1.65 bits per heavy atom. The number of halogens is 2. The average Bonchev–Trinajstić information content (AvgIpc) is 2.55. The van der Waals surface area contributed by atoms with Crippen LogP contribution < -0.4 is 16.0 Å². The molecule has 0 saturated heterocycles. The summed E-state index contributed by atoms with van der Waals surface area (Å²) < 4.78 is 0. The molecule has 7 heteroatoms. The Hall–Kier alpha value is -2.24. The maximum Gasteiger partial charge on any atom is 0.251 e. The van der Waals surface area contributed by atoms with Crippen LogP contribution in [-0.2, 0) is 4.79 Å². The first-order valence-corrected chi connectivity index (χ1v) is 8.81. The molecule has 2 amide bonds. The third kappa shape index (κ3) is 6.24. The molecule has 26 heavy (non-hydrogen) atoms. The summed E-state index contributed by atoms with van der Waals surface area (Å²) in [4.78, 5) is 24.1. The normalized spacial score (nSPS) is 11.0. The summed E-state index contributed by atoms with van der Waals surface area (Å²) >= 11 is 11.9. The van der Waals surface area contributed by atoms with Crippen LogP contribution in [0.3, 0.4) is 0 Å². The SMILES string of the molecule is CC(C)(C)NC(=O)c1ccc(NCC(=O)Nc2cc(Cl)ccc2Cl)cc1. The lowest BCUT2D eigenvalue weighted by Crippen LogP contribution is -2.40. The van der Waals surface area contributed by atoms with E-state index in [0.717, 1.165) is 5.69 Å². The predicted octanol–water partition coefficient (Wildman–Crippen LogP) is 4.57. The Morgan fingerprint density at radius 3 is 2.27 bits per heavy atom. The van der Waals surface area contributed by atoms with Gasteiger partial charge in [0.05, 0.1) is 17.3 Å². The van der Waals surface area contributed by atoms with Crippen molar-refractivity contribution in [1.82, 2.24) is 5.32 Å². The summed E-state index contributed by atoms with van der Waals surface area (Å²) in [6.45, 7) is 5.82. The molecular weight excluding hydrogens is 373 g/mol. The van der Waals surface area contributed by atoms with Crippen LogP contribution in [-0.4, -0.2) is 23.9 Å². The number of hydrogen-bond donors (Lipinski definition) is 3. The van der Waals surface area contributed by atoms with Gasteiger partial charge in [0.15, 0.2) is 0 Å². The van der Waals surface area contributed by atoms with E-state index in [9.17, 15) is 9.59 Å². The summed E-state index contributed by atoms with van der Waals surface area (Å²) in [5.41, 5.74) is 1.44. The molecule has 2 aromatic rings. The van der Waals surface area contributed by atoms with Crippen LogP contribution >= 0.6 is 23.2 Å². The van der Waals surface area contributed by atoms with E-state index < -0.39 is 0 Å². The number of carbonyl (C=O) groups excluding carboxylic acids is 2. The van der Waals surface area contributed by atoms with Crippen LogP contribution in [0.25, 0.3) is 0 Å². The second-order valence-electron chi connectivity index (χ2n) is 6.81. The molecule has 0 aromatic heterocycles. The van der Waals surface area contributed by atoms with Crippen LogP contribution in [0.1, 0.15) is 31.1 Å². The Kier molecular flexibility index (Phi) is 6.51. The third-order valence-corrected chi connectivity index (χ3v) is 3.86. The highest BCUT2D eigenvalue weighted by Crippen LogP contribution is 2.25. The topological polar surface area (TPSA) is 70.2 Å². The first-order valence-electron chi connectivity index (χ1n) is 8.05. The van der Waals surface area contributed by atoms with Gasteiger partial charge in [0.2, 0.25) is 5.91 Å². The highest BCUT2D eigenvalue weighted by molar-refractivity contribution is 6.35. The van der Waals surface area contributed by atoms with Gasteiger partial charge < -0.3 is 16.0 Å². The van der Waals surface area contributed by atoms with Gasteiger partial charge in [-0.05, 0) is 63.2 Å². The Morgan fingerprint density at radius 1 is 1.00 bits per heavy atom. The minimum Gasteiger partial charge on any atom is -0.376 e. The van der Waals surface area contributed by atoms with E-state index in [2.05, 4.69) is 16.0 Å². The van der Waals surface area contributed by atoms with E-state index in [1.807, 2.05) is 20.8 Å². The Labute approximate surface area is 163 Å². The number of benzene rings is 2. The van der Waals surface area contributed by atoms with Crippen molar-refractivity contribution in [2.75, 3.05) is 17.2 Å². The van der Waals surface area contributed by atoms with Crippen molar-refractivity contribution in [1.29, 1.82) is 0 Å². The number of hydrogen-bond acceptors (Lipinski definition) is 3. The molecule has 0 saturated carbocycles. The van der Waals surface area contributed by atoms with Crippen molar-refractivity contribution in [3.05, 3.63) is 58.1 Å². The van der Waals surface area contributed by atoms with Gasteiger partial charge in [-0.3, -0.25) is 9.59 Å². The van der Waals surface area contributed by atoms with Gasteiger partial charge in [-0.1, -0.05) is 23.2 Å². The number of amides is 2. The fourth-order valence-corrected chi connectivity index (χ4v) is 2.46. The van der Waals surface area contributed by atoms with E-state index in [1.54, 1.807) is 42.5 Å². The predicted molar refractivity (Wildman–Crippen MR) is 107 cm³/mol. The summed E-state index contributed by atoms with van der Waals surface area (Å²) in [6, 6.07) is 11.8. The van der Waals surface area contributed by atoms with Crippen molar-refractivity contribution < 1.29 is 9.59 Å². The molecule has 0 unspecified atom stereocenters. The maximum absolute atomic E-state index is 12.1. The highest BCUT2D eigenvalue weighted by atomic mass is 35.5. The highest BCUT2D eigenvalue weighted by Gasteiger charge is 2.15. The summed E-state index contributed by atoms with van der Waals surface area (Å²) in [6.07, 6.45) is 0. The Bertz CT molecular complexity index is 799. The standard InChI is InChI=1S/C19H21Cl2N3O2/c1-19(2,3)24-18(26)12-4-7-14(8-5-12)22-11-17(25)23-16-10-13(20)6-9-15(16)21/h4-10,22H,11H2,1-3H3,(H,23,25)(H,24,26). The first kappa shape index (κ1) is 20.1. The second-order valence-corrected chi connectivity index (χ2v) is 7.65. The van der Waals surface area contributed by atoms with Gasteiger partial charge in [-0.15, -0.1) is 0 Å². The van der Waals surface area contributed by atoms with Crippen LogP contribution in [0.5, 0.6) is 0 Å². The molecule has 3 N–H and O–H groups in total. The molecular formula is C19H21Cl2N3O2. The zero-order valence-corrected chi connectivity index (χ0v) is 16.3. The molecule has 5 nitrogen and oxygen atoms in total. The molecule has 0 heterocycles. The molecule has 0 atom stereocenters. The fraction of sp³-hybridized carbons (Fsp3) is 0.263. The third-order valence-electron chi connectivity index (χ3n) is 3.29. The molecule has 0 fully saturated rings. The molecule has 0 aliphatic carbocycles. The van der Waals surface area contributed by atoms with Crippen LogP contribution in [0.2, 0.25) is 10.0 Å². The van der Waals surface area contributed by atoms with E-state index >= 15 is 0 Å². The minimum atomic E-state index is -0.298. The number of rotatable bonds is 5. The molecule has 2 rings (SSSR count). The van der Waals surface area contributed by atoms with Crippen molar-refractivity contribution in [3.63, 3.8) is 0 Å². The van der Waals surface area contributed by atoms with Gasteiger partial charge in [0, 0.05) is 21.8 Å². The van der Waals surface area contributed by atoms with E-state index in [1.165, 1.54) is 0 Å². The van der Waals surface area contributed by atoms with E-state index in [-0.39, 0.29) is 23.9 Å². The van der Waals surface area contributed by atoms with Gasteiger partial charge in [0.1, 0.15) is 0 Å². The van der Waals surface area contributed by atoms with Crippen molar-refractivity contribution in [2.24, 2.45) is 0 Å². The van der Waals surface area contributed by atoms with Gasteiger partial charge in [0.25, 0.3) is 5.91 Å². The molecule has 0 radical (unpaired) electrons. The minimum absolute atomic E-state index is 0.0520. The Balaban J connectivity index is 1.90. The number of carbonyl (C=O) groups is 2. The van der Waals surface area contributed by atoms with Crippen molar-refractivity contribution in [3.8, 4) is 0 Å². The molecule has 0 bridgehead atoms. The largest absolute Gasteiger partial charge is 0.376 e. The average molecular weight is 394 g/mol. The first-order chi connectivity index (χ1) is 12.1. The summed E-state index contributed by atoms with van der Waals surface area (Å²) in [7, 11) is 0. The molecule has 138 valence electrons. The quantitative estimate of drug-likeness (QED) is 0.696. The molecule has 2 aromatic carbocycles. The fourth-order valence-electron chi connectivity index (χ4n) is 2.12. The van der Waals surface area contributed by atoms with Gasteiger partial charge >= 0.3 is 0 Å². The van der Waals surface area contributed by atoms with Crippen LogP contribution in [0.4, 0.5) is 11.4 Å². The molecule has 0 aliphatic heterocycles. The monoisotopic (exact) mass is 393 g/mol. The van der Waals surface area contributed by atoms with Crippen LogP contribution in [0, 0.1) is 0 Å². The maximum atomic E-state index is 12.1. The lowest BCUT2D eigenvalue weighted by molar-refractivity contribution is -0.114. The second kappa shape index (κ2) is 8.43. The van der Waals surface area contributed by atoms with Crippen molar-refractivity contribution in [2.45, 2.75) is 26.3 Å². The van der Waals surface area contributed by atoms with Crippen LogP contribution in [0.15, 0.2) is 42.5 Å². The van der Waals surface area contributed by atoms with Crippen molar-refractivity contribution >= 4 is 46.4 Å². The smallest absolute Gasteiger partial charge is 0.251 e. The van der Waals surface area contributed by atoms with E-state index in [4.69, 9.17) is 23.2 Å². The summed E-state index contributed by atoms with van der Waals surface area (Å²) in [5.74, 6) is -0.402. The zero-order chi connectivity index (χ0) is 19.3. The lowest BCUT2D eigenvalue weighted by atomic mass is 10.1. The van der Waals surface area contributed by atoms with Gasteiger partial charge in [-0.2, -0.15) is 0 Å². The number of nitrogens with one attached hydrogen (secondary N) is 3. The number of anilines is 2. The van der Waals surface area contributed by atoms with Gasteiger partial charge in [-0.25, -0.2) is 0 Å². The van der Waals surface area contributed by atoms with E-state index in [0.29, 0.717) is 21.3 Å². The lowest BCUT2D eigenvalue weighted by Gasteiger charge is -2.20. The molecule has 0 spiro atoms. The summed E-state index contributed by atoms with van der Waals surface area (Å²) in [5, 5.41) is 9.49.